The maximum Gasteiger partial charge on any atom is 0.0543 e. The Morgan fingerprint density at radius 3 is 2.30 bits per heavy atom. The highest BCUT2D eigenvalue weighted by molar-refractivity contribution is 6.20. The molecule has 1 nitrogen and oxygen atoms in total. The topological polar surface area (TPSA) is 9.23 Å². The molecule has 62 valence electrons. The predicted octanol–water partition coefficient (Wildman–Crippen LogP) is 2.82. The third-order valence-electron chi connectivity index (χ3n) is 1.61. The molecule has 0 aliphatic rings. The summed E-state index contributed by atoms with van der Waals surface area (Å²) in [5.41, 5.74) is 0. The van der Waals surface area contributed by atoms with Gasteiger partial charge in [0, 0.05) is 12.5 Å². The maximum atomic E-state index is 5.76. The summed E-state index contributed by atoms with van der Waals surface area (Å²) in [4.78, 5) is 0. The molecule has 0 saturated carbocycles. The van der Waals surface area contributed by atoms with E-state index in [1.807, 2.05) is 6.92 Å². The van der Waals surface area contributed by atoms with Crippen LogP contribution in [0.1, 0.15) is 33.1 Å². The molecule has 0 rings (SSSR count). The largest absolute Gasteiger partial charge is 0.382 e. The van der Waals surface area contributed by atoms with E-state index in [0.717, 1.165) is 12.8 Å². The van der Waals surface area contributed by atoms with Crippen LogP contribution in [0, 0.1) is 0 Å². The first-order valence-electron chi connectivity index (χ1n) is 3.83. The minimum atomic E-state index is 0.309. The number of methoxy groups -OCH3 is 1. The Morgan fingerprint density at radius 2 is 1.90 bits per heavy atom. The first kappa shape index (κ1) is 10.2. The Balaban J connectivity index is 3.03. The fourth-order valence-corrected chi connectivity index (χ4v) is 0.959. The lowest BCUT2D eigenvalue weighted by molar-refractivity contribution is 0.108. The second-order valence-corrected chi connectivity index (χ2v) is 3.50. The minimum absolute atomic E-state index is 0.309. The SMILES string of the molecule is COC(C)CCCC(C)Cl. The predicted molar refractivity (Wildman–Crippen MR) is 45.6 cm³/mol. The molecule has 10 heavy (non-hydrogen) atoms. The van der Waals surface area contributed by atoms with Gasteiger partial charge in [0.2, 0.25) is 0 Å². The second-order valence-electron chi connectivity index (χ2n) is 2.76. The lowest BCUT2D eigenvalue weighted by Crippen LogP contribution is -2.04. The number of halogens is 1. The smallest absolute Gasteiger partial charge is 0.0543 e. The van der Waals surface area contributed by atoms with Gasteiger partial charge in [-0.1, -0.05) is 0 Å². The molecule has 0 aliphatic heterocycles. The van der Waals surface area contributed by atoms with Crippen molar-refractivity contribution in [1.82, 2.24) is 0 Å². The molecule has 0 aromatic heterocycles. The third kappa shape index (κ3) is 6.37. The van der Waals surface area contributed by atoms with Gasteiger partial charge in [0.25, 0.3) is 0 Å². The van der Waals surface area contributed by atoms with Gasteiger partial charge in [-0.25, -0.2) is 0 Å². The number of rotatable bonds is 5. The fraction of sp³-hybridized carbons (Fsp3) is 1.00. The molecule has 2 heteroatoms. The molecule has 0 fully saturated rings. The Labute approximate surface area is 68.7 Å². The summed E-state index contributed by atoms with van der Waals surface area (Å²) in [6, 6.07) is 0. The van der Waals surface area contributed by atoms with E-state index in [-0.39, 0.29) is 0 Å². The lowest BCUT2D eigenvalue weighted by Gasteiger charge is -2.08. The van der Waals surface area contributed by atoms with E-state index >= 15 is 0 Å². The molecule has 0 bridgehead atoms. The van der Waals surface area contributed by atoms with E-state index in [4.69, 9.17) is 16.3 Å². The van der Waals surface area contributed by atoms with Gasteiger partial charge in [0.1, 0.15) is 0 Å². The Morgan fingerprint density at radius 1 is 1.30 bits per heavy atom. The molecule has 2 atom stereocenters. The number of hydrogen-bond acceptors (Lipinski definition) is 1. The number of hydrogen-bond donors (Lipinski definition) is 0. The van der Waals surface area contributed by atoms with Crippen LogP contribution in [0.25, 0.3) is 0 Å². The zero-order valence-corrected chi connectivity index (χ0v) is 7.82. The highest BCUT2D eigenvalue weighted by atomic mass is 35.5. The van der Waals surface area contributed by atoms with Crippen LogP contribution in [-0.2, 0) is 4.74 Å². The van der Waals surface area contributed by atoms with E-state index in [0.29, 0.717) is 11.5 Å². The monoisotopic (exact) mass is 164 g/mol. The van der Waals surface area contributed by atoms with E-state index in [1.54, 1.807) is 7.11 Å². The van der Waals surface area contributed by atoms with Crippen LogP contribution < -0.4 is 0 Å². The van der Waals surface area contributed by atoms with Crippen molar-refractivity contribution in [1.29, 1.82) is 0 Å². The van der Waals surface area contributed by atoms with Gasteiger partial charge < -0.3 is 4.74 Å². The van der Waals surface area contributed by atoms with Gasteiger partial charge in [-0.15, -0.1) is 11.6 Å². The number of ether oxygens (including phenoxy) is 1. The first-order chi connectivity index (χ1) is 4.66. The van der Waals surface area contributed by atoms with E-state index in [1.165, 1.54) is 6.42 Å². The first-order valence-corrected chi connectivity index (χ1v) is 4.27. The number of alkyl halides is 1. The van der Waals surface area contributed by atoms with Gasteiger partial charge in [0.15, 0.2) is 0 Å². The lowest BCUT2D eigenvalue weighted by atomic mass is 10.1. The van der Waals surface area contributed by atoms with Gasteiger partial charge in [-0.05, 0) is 33.1 Å². The van der Waals surface area contributed by atoms with Crippen LogP contribution in [0.5, 0.6) is 0 Å². The minimum Gasteiger partial charge on any atom is -0.382 e. The van der Waals surface area contributed by atoms with Crippen LogP contribution in [0.3, 0.4) is 0 Å². The Bertz CT molecular complexity index is 73.7. The quantitative estimate of drug-likeness (QED) is 0.568. The van der Waals surface area contributed by atoms with E-state index < -0.39 is 0 Å². The highest BCUT2D eigenvalue weighted by Crippen LogP contribution is 2.09. The van der Waals surface area contributed by atoms with E-state index in [2.05, 4.69) is 6.92 Å². The molecular formula is C8H17ClO. The van der Waals surface area contributed by atoms with Gasteiger partial charge in [-0.3, -0.25) is 0 Å². The summed E-state index contributed by atoms with van der Waals surface area (Å²) in [5.74, 6) is 0. The maximum absolute atomic E-state index is 5.76. The van der Waals surface area contributed by atoms with Crippen LogP contribution >= 0.6 is 11.6 Å². The summed E-state index contributed by atoms with van der Waals surface area (Å²) in [7, 11) is 1.74. The molecular weight excluding hydrogens is 148 g/mol. The van der Waals surface area contributed by atoms with Gasteiger partial charge >= 0.3 is 0 Å². The van der Waals surface area contributed by atoms with Crippen molar-refractivity contribution in [2.45, 2.75) is 44.6 Å². The summed E-state index contributed by atoms with van der Waals surface area (Å²) in [6.07, 6.45) is 3.76. The molecule has 0 saturated heterocycles. The summed E-state index contributed by atoms with van der Waals surface area (Å²) in [5, 5.41) is 0.309. The summed E-state index contributed by atoms with van der Waals surface area (Å²) in [6.45, 7) is 4.11. The van der Waals surface area contributed by atoms with Crippen molar-refractivity contribution in [3.63, 3.8) is 0 Å². The molecule has 0 spiro atoms. The molecule has 0 aromatic rings. The average Bonchev–Trinajstić information content (AvgIpc) is 1.87. The van der Waals surface area contributed by atoms with Crippen molar-refractivity contribution < 1.29 is 4.74 Å². The van der Waals surface area contributed by atoms with Crippen molar-refractivity contribution >= 4 is 11.6 Å². The standard InChI is InChI=1S/C8H17ClO/c1-7(9)5-4-6-8(2)10-3/h7-8H,4-6H2,1-3H3. The molecule has 0 heterocycles. The highest BCUT2D eigenvalue weighted by Gasteiger charge is 2.00. The molecule has 0 radical (unpaired) electrons. The van der Waals surface area contributed by atoms with Crippen molar-refractivity contribution in [3.8, 4) is 0 Å². The average molecular weight is 165 g/mol. The van der Waals surface area contributed by atoms with Crippen LogP contribution in [0.4, 0.5) is 0 Å². The van der Waals surface area contributed by atoms with Gasteiger partial charge in [-0.2, -0.15) is 0 Å². The molecule has 0 aromatic carbocycles. The molecule has 0 aliphatic carbocycles. The zero-order valence-electron chi connectivity index (χ0n) is 7.06. The Kier molecular flexibility index (Phi) is 6.14. The molecule has 2 unspecified atom stereocenters. The van der Waals surface area contributed by atoms with Crippen molar-refractivity contribution in [3.05, 3.63) is 0 Å². The molecule has 0 amide bonds. The normalized spacial score (nSPS) is 16.8. The Hall–Kier alpha value is 0.250. The van der Waals surface area contributed by atoms with Gasteiger partial charge in [0.05, 0.1) is 6.10 Å². The second kappa shape index (κ2) is 5.99. The zero-order chi connectivity index (χ0) is 7.98. The summed E-state index contributed by atoms with van der Waals surface area (Å²) < 4.78 is 5.09. The van der Waals surface area contributed by atoms with Crippen LogP contribution in [0.15, 0.2) is 0 Å². The van der Waals surface area contributed by atoms with Crippen LogP contribution in [-0.4, -0.2) is 18.6 Å². The van der Waals surface area contributed by atoms with Crippen molar-refractivity contribution in [2.24, 2.45) is 0 Å². The third-order valence-corrected chi connectivity index (χ3v) is 1.83. The molecule has 0 N–H and O–H groups in total. The van der Waals surface area contributed by atoms with Crippen molar-refractivity contribution in [2.75, 3.05) is 7.11 Å². The van der Waals surface area contributed by atoms with E-state index in [9.17, 15) is 0 Å². The fourth-order valence-electron chi connectivity index (χ4n) is 0.804. The van der Waals surface area contributed by atoms with Crippen LogP contribution in [0.2, 0.25) is 0 Å². The summed E-state index contributed by atoms with van der Waals surface area (Å²) >= 11 is 5.76.